The van der Waals surface area contributed by atoms with Gasteiger partial charge in [-0.1, -0.05) is 26.0 Å². The number of nitrogens with zero attached hydrogens (tertiary/aromatic N) is 1. The Labute approximate surface area is 101 Å². The fraction of sp³-hybridized carbons (Fsp3) is 0.250. The fourth-order valence-corrected chi connectivity index (χ4v) is 1.10. The number of carboxylic acids is 1. The van der Waals surface area contributed by atoms with Crippen LogP contribution >= 0.6 is 0 Å². The van der Waals surface area contributed by atoms with Crippen molar-refractivity contribution in [1.29, 1.82) is 0 Å². The SMILES string of the molecule is CC.CN(N)/C=C(\N)c1ccc(C(=O)O)cc1. The van der Waals surface area contributed by atoms with Crippen LogP contribution in [-0.2, 0) is 0 Å². The Morgan fingerprint density at radius 1 is 1.24 bits per heavy atom. The van der Waals surface area contributed by atoms with Gasteiger partial charge < -0.3 is 15.8 Å². The van der Waals surface area contributed by atoms with E-state index in [1.807, 2.05) is 13.8 Å². The topological polar surface area (TPSA) is 92.6 Å². The van der Waals surface area contributed by atoms with Crippen molar-refractivity contribution in [3.8, 4) is 0 Å². The number of hydrogen-bond acceptors (Lipinski definition) is 4. The molecule has 0 heterocycles. The number of benzene rings is 1. The first kappa shape index (κ1) is 15.0. The highest BCUT2D eigenvalue weighted by Gasteiger charge is 2.02. The lowest BCUT2D eigenvalue weighted by Crippen LogP contribution is -2.20. The maximum Gasteiger partial charge on any atom is 0.335 e. The molecule has 0 radical (unpaired) electrons. The van der Waals surface area contributed by atoms with Gasteiger partial charge in [0.05, 0.1) is 11.3 Å². The zero-order chi connectivity index (χ0) is 13.4. The number of aromatic carboxylic acids is 1. The normalized spacial score (nSPS) is 10.2. The lowest BCUT2D eigenvalue weighted by Gasteiger charge is -2.08. The lowest BCUT2D eigenvalue weighted by molar-refractivity contribution is 0.0697. The highest BCUT2D eigenvalue weighted by atomic mass is 16.4. The zero-order valence-electron chi connectivity index (χ0n) is 10.3. The minimum atomic E-state index is -0.958. The highest BCUT2D eigenvalue weighted by molar-refractivity contribution is 5.88. The van der Waals surface area contributed by atoms with Crippen LogP contribution in [0, 0.1) is 0 Å². The number of carboxylic acid groups (broad SMARTS) is 1. The van der Waals surface area contributed by atoms with E-state index in [9.17, 15) is 4.79 Å². The summed E-state index contributed by atoms with van der Waals surface area (Å²) in [5.41, 5.74) is 7.16. The fourth-order valence-electron chi connectivity index (χ4n) is 1.10. The molecule has 0 atom stereocenters. The van der Waals surface area contributed by atoms with Gasteiger partial charge in [0.15, 0.2) is 0 Å². The van der Waals surface area contributed by atoms with Crippen LogP contribution in [0.1, 0.15) is 29.8 Å². The van der Waals surface area contributed by atoms with Gasteiger partial charge in [0.2, 0.25) is 0 Å². The van der Waals surface area contributed by atoms with Crippen molar-refractivity contribution >= 4 is 11.7 Å². The lowest BCUT2D eigenvalue weighted by atomic mass is 10.1. The van der Waals surface area contributed by atoms with Crippen LogP contribution in [-0.4, -0.2) is 23.1 Å². The van der Waals surface area contributed by atoms with Crippen molar-refractivity contribution in [3.63, 3.8) is 0 Å². The molecule has 0 aromatic heterocycles. The molecule has 94 valence electrons. The van der Waals surface area contributed by atoms with Gasteiger partial charge in [0.1, 0.15) is 0 Å². The Morgan fingerprint density at radius 2 is 1.65 bits per heavy atom. The van der Waals surface area contributed by atoms with E-state index in [2.05, 4.69) is 0 Å². The quantitative estimate of drug-likeness (QED) is 0.547. The summed E-state index contributed by atoms with van der Waals surface area (Å²) in [6.45, 7) is 4.00. The van der Waals surface area contributed by atoms with E-state index >= 15 is 0 Å². The van der Waals surface area contributed by atoms with Crippen LogP contribution < -0.4 is 11.6 Å². The third-order valence-electron chi connectivity index (χ3n) is 1.81. The van der Waals surface area contributed by atoms with Crippen molar-refractivity contribution < 1.29 is 9.90 Å². The van der Waals surface area contributed by atoms with Gasteiger partial charge in [-0.05, 0) is 17.7 Å². The number of carbonyl (C=O) groups is 1. The highest BCUT2D eigenvalue weighted by Crippen LogP contribution is 2.10. The molecule has 0 unspecified atom stereocenters. The first-order chi connectivity index (χ1) is 8.00. The second-order valence-corrected chi connectivity index (χ2v) is 3.13. The standard InChI is InChI=1S/C10H13N3O2.C2H6/c1-13(12)6-9(11)7-2-4-8(5-3-7)10(14)15;1-2/h2-6H,11-12H2,1H3,(H,14,15);1-2H3/b9-6-;. The molecule has 0 bridgehead atoms. The first-order valence-electron chi connectivity index (χ1n) is 5.29. The van der Waals surface area contributed by atoms with Crippen LogP contribution in [0.2, 0.25) is 0 Å². The van der Waals surface area contributed by atoms with Gasteiger partial charge in [0, 0.05) is 13.2 Å². The Hall–Kier alpha value is -2.01. The molecule has 0 aliphatic carbocycles. The van der Waals surface area contributed by atoms with Gasteiger partial charge >= 0.3 is 5.97 Å². The molecular weight excluding hydrogens is 218 g/mol. The molecule has 0 aliphatic rings. The molecule has 0 spiro atoms. The van der Waals surface area contributed by atoms with E-state index < -0.39 is 5.97 Å². The third kappa shape index (κ3) is 5.03. The molecule has 5 N–H and O–H groups in total. The molecular formula is C12H19N3O2. The summed E-state index contributed by atoms with van der Waals surface area (Å²) in [4.78, 5) is 10.6. The first-order valence-corrected chi connectivity index (χ1v) is 5.29. The number of rotatable bonds is 3. The average molecular weight is 237 g/mol. The van der Waals surface area contributed by atoms with Crippen molar-refractivity contribution in [3.05, 3.63) is 41.6 Å². The molecule has 0 aliphatic heterocycles. The maximum atomic E-state index is 10.6. The predicted octanol–water partition coefficient (Wildman–Crippen LogP) is 1.47. The Kier molecular flexibility index (Phi) is 6.43. The van der Waals surface area contributed by atoms with Crippen LogP contribution in [0.4, 0.5) is 0 Å². The van der Waals surface area contributed by atoms with E-state index in [0.717, 1.165) is 5.56 Å². The molecule has 17 heavy (non-hydrogen) atoms. The number of nitrogens with two attached hydrogens (primary N) is 2. The molecule has 1 aromatic rings. The molecule has 5 nitrogen and oxygen atoms in total. The number of hydrogen-bond donors (Lipinski definition) is 3. The van der Waals surface area contributed by atoms with Crippen LogP contribution in [0.5, 0.6) is 0 Å². The minimum absolute atomic E-state index is 0.229. The summed E-state index contributed by atoms with van der Waals surface area (Å²) in [5, 5.41) is 10.0. The maximum absolute atomic E-state index is 10.6. The predicted molar refractivity (Wildman–Crippen MR) is 68.9 cm³/mol. The van der Waals surface area contributed by atoms with Crippen molar-refractivity contribution in [2.45, 2.75) is 13.8 Å². The van der Waals surface area contributed by atoms with Crippen LogP contribution in [0.15, 0.2) is 30.5 Å². The molecule has 0 fully saturated rings. The summed E-state index contributed by atoms with van der Waals surface area (Å²) >= 11 is 0. The van der Waals surface area contributed by atoms with Crippen LogP contribution in [0.3, 0.4) is 0 Å². The summed E-state index contributed by atoms with van der Waals surface area (Å²) in [6, 6.07) is 6.27. The largest absolute Gasteiger partial charge is 0.478 e. The van der Waals surface area contributed by atoms with E-state index in [0.29, 0.717) is 5.70 Å². The van der Waals surface area contributed by atoms with E-state index in [1.54, 1.807) is 25.4 Å². The van der Waals surface area contributed by atoms with Crippen molar-refractivity contribution in [2.24, 2.45) is 11.6 Å². The molecule has 1 aromatic carbocycles. The Bertz CT molecular complexity index is 383. The second-order valence-electron chi connectivity index (χ2n) is 3.13. The van der Waals surface area contributed by atoms with Crippen LogP contribution in [0.25, 0.3) is 5.70 Å². The van der Waals surface area contributed by atoms with E-state index in [1.165, 1.54) is 17.1 Å². The molecule has 1 rings (SSSR count). The van der Waals surface area contributed by atoms with Gasteiger partial charge in [-0.3, -0.25) is 0 Å². The monoisotopic (exact) mass is 237 g/mol. The zero-order valence-corrected chi connectivity index (χ0v) is 10.3. The Balaban J connectivity index is 0.00000121. The Morgan fingerprint density at radius 3 is 2.00 bits per heavy atom. The minimum Gasteiger partial charge on any atom is -0.478 e. The van der Waals surface area contributed by atoms with Gasteiger partial charge in [-0.25, -0.2) is 10.6 Å². The summed E-state index contributed by atoms with van der Waals surface area (Å²) in [6.07, 6.45) is 1.55. The third-order valence-corrected chi connectivity index (χ3v) is 1.81. The smallest absolute Gasteiger partial charge is 0.335 e. The van der Waals surface area contributed by atoms with Gasteiger partial charge in [0.25, 0.3) is 0 Å². The molecule has 0 amide bonds. The van der Waals surface area contributed by atoms with Crippen molar-refractivity contribution in [2.75, 3.05) is 7.05 Å². The van der Waals surface area contributed by atoms with Gasteiger partial charge in [-0.2, -0.15) is 0 Å². The number of hydrazine groups is 1. The average Bonchev–Trinajstić information content (AvgIpc) is 2.31. The molecule has 5 heteroatoms. The van der Waals surface area contributed by atoms with E-state index in [4.69, 9.17) is 16.7 Å². The van der Waals surface area contributed by atoms with E-state index in [-0.39, 0.29) is 5.56 Å². The molecule has 0 saturated heterocycles. The summed E-state index contributed by atoms with van der Waals surface area (Å²) in [5.74, 6) is 4.43. The summed E-state index contributed by atoms with van der Waals surface area (Å²) < 4.78 is 0. The van der Waals surface area contributed by atoms with Gasteiger partial charge in [-0.15, -0.1) is 0 Å². The summed E-state index contributed by atoms with van der Waals surface area (Å²) in [7, 11) is 1.65. The second kappa shape index (κ2) is 7.29. The molecule has 0 saturated carbocycles. The van der Waals surface area contributed by atoms with Crippen molar-refractivity contribution in [1.82, 2.24) is 5.01 Å².